The zero-order chi connectivity index (χ0) is 13.7. The first-order valence-electron chi connectivity index (χ1n) is 7.73. The molecule has 0 spiro atoms. The van der Waals surface area contributed by atoms with Gasteiger partial charge in [0.2, 0.25) is 5.91 Å². The van der Waals surface area contributed by atoms with Crippen molar-refractivity contribution in [3.8, 4) is 0 Å². The summed E-state index contributed by atoms with van der Waals surface area (Å²) in [7, 11) is 0. The van der Waals surface area contributed by atoms with Gasteiger partial charge in [-0.05, 0) is 31.1 Å². The Bertz CT molecular complexity index is 280. The zero-order valence-electron chi connectivity index (χ0n) is 12.4. The minimum atomic E-state index is 0.310. The molecule has 2 aliphatic heterocycles. The Hall–Kier alpha value is -0.610. The highest BCUT2D eigenvalue weighted by atomic mass is 16.5. The molecule has 2 aliphatic rings. The van der Waals surface area contributed by atoms with Crippen LogP contribution in [-0.2, 0) is 9.53 Å². The molecule has 0 N–H and O–H groups in total. The van der Waals surface area contributed by atoms with Crippen molar-refractivity contribution in [2.24, 2.45) is 11.8 Å². The van der Waals surface area contributed by atoms with Crippen LogP contribution in [0.1, 0.15) is 33.1 Å². The number of nitrogens with zero attached hydrogens (tertiary/aromatic N) is 2. The molecule has 4 nitrogen and oxygen atoms in total. The van der Waals surface area contributed by atoms with Gasteiger partial charge in [-0.3, -0.25) is 9.69 Å². The summed E-state index contributed by atoms with van der Waals surface area (Å²) < 4.78 is 5.31. The van der Waals surface area contributed by atoms with Crippen LogP contribution in [0.2, 0.25) is 0 Å². The van der Waals surface area contributed by atoms with E-state index in [1.54, 1.807) is 0 Å². The van der Waals surface area contributed by atoms with Gasteiger partial charge in [-0.15, -0.1) is 0 Å². The number of piperidine rings is 1. The Labute approximate surface area is 117 Å². The lowest BCUT2D eigenvalue weighted by atomic mass is 9.88. The number of morpholine rings is 1. The molecular formula is C15H28N2O2. The van der Waals surface area contributed by atoms with E-state index in [0.29, 0.717) is 12.5 Å². The molecule has 110 valence electrons. The van der Waals surface area contributed by atoms with E-state index in [1.807, 2.05) is 0 Å². The predicted octanol–water partition coefficient (Wildman–Crippen LogP) is 1.60. The first kappa shape index (κ1) is 14.8. The third-order valence-electron chi connectivity index (χ3n) is 4.23. The summed E-state index contributed by atoms with van der Waals surface area (Å²) in [4.78, 5) is 16.5. The van der Waals surface area contributed by atoms with Crippen LogP contribution in [-0.4, -0.2) is 61.6 Å². The molecule has 0 aliphatic carbocycles. The van der Waals surface area contributed by atoms with Gasteiger partial charge in [-0.1, -0.05) is 13.8 Å². The zero-order valence-corrected chi connectivity index (χ0v) is 12.4. The lowest BCUT2D eigenvalue weighted by molar-refractivity contribution is -0.134. The molecule has 0 atom stereocenters. The highest BCUT2D eigenvalue weighted by Gasteiger charge is 2.24. The molecule has 2 fully saturated rings. The van der Waals surface area contributed by atoms with Crippen molar-refractivity contribution in [3.63, 3.8) is 0 Å². The summed E-state index contributed by atoms with van der Waals surface area (Å²) in [5, 5.41) is 0. The molecular weight excluding hydrogens is 240 g/mol. The largest absolute Gasteiger partial charge is 0.379 e. The fraction of sp³-hybridized carbons (Fsp3) is 0.933. The van der Waals surface area contributed by atoms with Gasteiger partial charge in [0.15, 0.2) is 0 Å². The fourth-order valence-corrected chi connectivity index (χ4v) is 3.14. The molecule has 0 bridgehead atoms. The third-order valence-corrected chi connectivity index (χ3v) is 4.23. The number of amides is 1. The number of rotatable bonds is 4. The Morgan fingerprint density at radius 3 is 2.37 bits per heavy atom. The molecule has 0 saturated carbocycles. The van der Waals surface area contributed by atoms with Crippen molar-refractivity contribution < 1.29 is 9.53 Å². The van der Waals surface area contributed by atoms with Crippen LogP contribution in [0.3, 0.4) is 0 Å². The number of carbonyl (C=O) groups excluding carboxylic acids is 1. The number of hydrogen-bond donors (Lipinski definition) is 0. The molecule has 19 heavy (non-hydrogen) atoms. The maximum atomic E-state index is 12.2. The number of ether oxygens (including phenoxy) is 1. The highest BCUT2D eigenvalue weighted by Crippen LogP contribution is 2.24. The van der Waals surface area contributed by atoms with Gasteiger partial charge in [-0.25, -0.2) is 0 Å². The summed E-state index contributed by atoms with van der Waals surface area (Å²) in [6.07, 6.45) is 3.69. The van der Waals surface area contributed by atoms with Gasteiger partial charge in [0.25, 0.3) is 0 Å². The summed E-state index contributed by atoms with van der Waals surface area (Å²) in [5.74, 6) is 1.91. The molecule has 1 amide bonds. The van der Waals surface area contributed by atoms with Crippen molar-refractivity contribution in [3.05, 3.63) is 0 Å². The van der Waals surface area contributed by atoms with E-state index in [-0.39, 0.29) is 0 Å². The van der Waals surface area contributed by atoms with Crippen LogP contribution in [0.4, 0.5) is 0 Å². The van der Waals surface area contributed by atoms with E-state index in [0.717, 1.165) is 51.2 Å². The number of carbonyl (C=O) groups is 1. The van der Waals surface area contributed by atoms with Crippen LogP contribution in [0.25, 0.3) is 0 Å². The lowest BCUT2D eigenvalue weighted by Gasteiger charge is -2.35. The first-order chi connectivity index (χ1) is 9.15. The van der Waals surface area contributed by atoms with Crippen molar-refractivity contribution in [2.45, 2.75) is 33.1 Å². The second kappa shape index (κ2) is 7.25. The fourth-order valence-electron chi connectivity index (χ4n) is 3.14. The van der Waals surface area contributed by atoms with Crippen molar-refractivity contribution in [2.75, 3.05) is 45.9 Å². The molecule has 4 heteroatoms. The molecule has 0 aromatic carbocycles. The molecule has 0 aromatic rings. The highest BCUT2D eigenvalue weighted by molar-refractivity contribution is 5.78. The van der Waals surface area contributed by atoms with Crippen LogP contribution in [0.15, 0.2) is 0 Å². The summed E-state index contributed by atoms with van der Waals surface area (Å²) in [6.45, 7) is 10.4. The smallest absolute Gasteiger partial charge is 0.236 e. The number of hydrogen-bond acceptors (Lipinski definition) is 3. The summed E-state index contributed by atoms with van der Waals surface area (Å²) >= 11 is 0. The maximum Gasteiger partial charge on any atom is 0.236 e. The summed E-state index contributed by atoms with van der Waals surface area (Å²) in [6, 6.07) is 0. The quantitative estimate of drug-likeness (QED) is 0.776. The molecule has 2 rings (SSSR count). The van der Waals surface area contributed by atoms with Crippen LogP contribution < -0.4 is 0 Å². The SMILES string of the molecule is CC(C)CC1CCN(C(=O)CN2CCOCC2)CC1. The molecule has 0 radical (unpaired) electrons. The van der Waals surface area contributed by atoms with Crippen LogP contribution in [0.5, 0.6) is 0 Å². The minimum absolute atomic E-state index is 0.310. The van der Waals surface area contributed by atoms with Gasteiger partial charge in [0.05, 0.1) is 19.8 Å². The molecule has 0 unspecified atom stereocenters. The van der Waals surface area contributed by atoms with E-state index in [4.69, 9.17) is 4.74 Å². The van der Waals surface area contributed by atoms with E-state index in [1.165, 1.54) is 19.3 Å². The van der Waals surface area contributed by atoms with Gasteiger partial charge in [0, 0.05) is 26.2 Å². The Balaban J connectivity index is 1.69. The second-order valence-corrected chi connectivity index (χ2v) is 6.34. The van der Waals surface area contributed by atoms with Gasteiger partial charge < -0.3 is 9.64 Å². The standard InChI is InChI=1S/C15H28N2O2/c1-13(2)11-14-3-5-17(6-4-14)15(18)12-16-7-9-19-10-8-16/h13-14H,3-12H2,1-2H3. The second-order valence-electron chi connectivity index (χ2n) is 6.34. The van der Waals surface area contributed by atoms with E-state index >= 15 is 0 Å². The lowest BCUT2D eigenvalue weighted by Crippen LogP contribution is -2.47. The monoisotopic (exact) mass is 268 g/mol. The predicted molar refractivity (Wildman–Crippen MR) is 76.0 cm³/mol. The van der Waals surface area contributed by atoms with Crippen molar-refractivity contribution >= 4 is 5.91 Å². The van der Waals surface area contributed by atoms with Gasteiger partial charge in [0.1, 0.15) is 0 Å². The van der Waals surface area contributed by atoms with Crippen LogP contribution in [0, 0.1) is 11.8 Å². The molecule has 0 aromatic heterocycles. The Morgan fingerprint density at radius 1 is 1.16 bits per heavy atom. The minimum Gasteiger partial charge on any atom is -0.379 e. The van der Waals surface area contributed by atoms with Crippen molar-refractivity contribution in [1.29, 1.82) is 0 Å². The number of likely N-dealkylation sites (tertiary alicyclic amines) is 1. The topological polar surface area (TPSA) is 32.8 Å². The first-order valence-corrected chi connectivity index (χ1v) is 7.73. The molecule has 2 heterocycles. The normalized spacial score (nSPS) is 23.0. The van der Waals surface area contributed by atoms with Crippen LogP contribution >= 0.6 is 0 Å². The van der Waals surface area contributed by atoms with E-state index in [9.17, 15) is 4.79 Å². The Kier molecular flexibility index (Phi) is 5.64. The molecule has 2 saturated heterocycles. The third kappa shape index (κ3) is 4.77. The van der Waals surface area contributed by atoms with E-state index < -0.39 is 0 Å². The van der Waals surface area contributed by atoms with Gasteiger partial charge in [-0.2, -0.15) is 0 Å². The van der Waals surface area contributed by atoms with Gasteiger partial charge >= 0.3 is 0 Å². The van der Waals surface area contributed by atoms with E-state index in [2.05, 4.69) is 23.6 Å². The Morgan fingerprint density at radius 2 is 1.79 bits per heavy atom. The summed E-state index contributed by atoms with van der Waals surface area (Å²) in [5.41, 5.74) is 0. The average Bonchev–Trinajstić information content (AvgIpc) is 2.40. The van der Waals surface area contributed by atoms with Crippen molar-refractivity contribution in [1.82, 2.24) is 9.80 Å². The average molecular weight is 268 g/mol. The maximum absolute atomic E-state index is 12.2.